The fraction of sp³-hybridized carbons (Fsp3) is 0.895. The van der Waals surface area contributed by atoms with Crippen molar-refractivity contribution in [2.24, 2.45) is 23.2 Å². The zero-order valence-corrected chi connectivity index (χ0v) is 15.4. The summed E-state index contributed by atoms with van der Waals surface area (Å²) in [5, 5.41) is 0. The minimum absolute atomic E-state index is 0.185. The summed E-state index contributed by atoms with van der Waals surface area (Å²) in [6, 6.07) is 0. The Labute approximate surface area is 145 Å². The van der Waals surface area contributed by atoms with Gasteiger partial charge in [0.25, 0.3) is 0 Å². The third-order valence-electron chi connectivity index (χ3n) is 6.69. The van der Waals surface area contributed by atoms with E-state index in [-0.39, 0.29) is 23.2 Å². The van der Waals surface area contributed by atoms with Crippen LogP contribution in [0.4, 0.5) is 0 Å². The number of rotatable bonds is 4. The highest BCUT2D eigenvalue weighted by molar-refractivity contribution is 5.88. The third-order valence-corrected chi connectivity index (χ3v) is 6.69. The van der Waals surface area contributed by atoms with Gasteiger partial charge in [-0.2, -0.15) is 0 Å². The molecule has 2 aliphatic heterocycles. The summed E-state index contributed by atoms with van der Waals surface area (Å²) < 4.78 is 5.12. The maximum atomic E-state index is 13.0. The van der Waals surface area contributed by atoms with Gasteiger partial charge < -0.3 is 14.5 Å². The molecule has 3 rings (SSSR count). The largest absolute Gasteiger partial charge is 0.383 e. The first-order valence-corrected chi connectivity index (χ1v) is 9.55. The Balaban J connectivity index is 1.64. The quantitative estimate of drug-likeness (QED) is 0.790. The lowest BCUT2D eigenvalue weighted by atomic mass is 9.77. The Bertz CT molecular complexity index is 487. The minimum Gasteiger partial charge on any atom is -0.383 e. The van der Waals surface area contributed by atoms with E-state index in [0.29, 0.717) is 25.6 Å². The molecule has 1 aliphatic carbocycles. The van der Waals surface area contributed by atoms with E-state index in [2.05, 4.69) is 13.8 Å². The maximum absolute atomic E-state index is 13.0. The Kier molecular flexibility index (Phi) is 5.19. The smallest absolute Gasteiger partial charge is 0.231 e. The molecule has 5 nitrogen and oxygen atoms in total. The summed E-state index contributed by atoms with van der Waals surface area (Å²) in [5.74, 6) is 1.73. The van der Waals surface area contributed by atoms with Crippen molar-refractivity contribution in [3.05, 3.63) is 0 Å². The number of amides is 2. The number of ether oxygens (including phenoxy) is 1. The Morgan fingerprint density at radius 2 is 1.96 bits per heavy atom. The molecule has 0 aromatic rings. The van der Waals surface area contributed by atoms with Crippen molar-refractivity contribution in [2.45, 2.75) is 46.0 Å². The van der Waals surface area contributed by atoms with Crippen LogP contribution in [0.1, 0.15) is 46.0 Å². The first kappa shape index (κ1) is 17.7. The van der Waals surface area contributed by atoms with Gasteiger partial charge >= 0.3 is 0 Å². The van der Waals surface area contributed by atoms with E-state index in [9.17, 15) is 9.59 Å². The highest BCUT2D eigenvalue weighted by Gasteiger charge is 2.56. The number of carbonyl (C=O) groups is 2. The summed E-state index contributed by atoms with van der Waals surface area (Å²) in [7, 11) is 1.67. The summed E-state index contributed by atoms with van der Waals surface area (Å²) in [6.45, 7) is 7.84. The zero-order valence-electron chi connectivity index (χ0n) is 15.4. The van der Waals surface area contributed by atoms with E-state index in [1.165, 1.54) is 0 Å². The molecule has 2 atom stereocenters. The number of methoxy groups -OCH3 is 1. The van der Waals surface area contributed by atoms with Gasteiger partial charge in [-0.15, -0.1) is 0 Å². The molecule has 24 heavy (non-hydrogen) atoms. The van der Waals surface area contributed by atoms with Crippen LogP contribution >= 0.6 is 0 Å². The average molecular weight is 336 g/mol. The lowest BCUT2D eigenvalue weighted by Gasteiger charge is -2.30. The number of hydrogen-bond acceptors (Lipinski definition) is 3. The van der Waals surface area contributed by atoms with Crippen LogP contribution in [0.2, 0.25) is 0 Å². The molecule has 1 spiro atoms. The van der Waals surface area contributed by atoms with Crippen molar-refractivity contribution in [1.29, 1.82) is 0 Å². The third kappa shape index (κ3) is 3.07. The summed E-state index contributed by atoms with van der Waals surface area (Å²) >= 11 is 0. The van der Waals surface area contributed by atoms with Gasteiger partial charge in [-0.1, -0.05) is 13.8 Å². The van der Waals surface area contributed by atoms with Crippen molar-refractivity contribution >= 4 is 11.8 Å². The molecule has 136 valence electrons. The molecule has 0 bridgehead atoms. The molecular formula is C19H32N2O3. The van der Waals surface area contributed by atoms with Gasteiger partial charge in [0.2, 0.25) is 11.8 Å². The predicted molar refractivity (Wildman–Crippen MR) is 92.4 cm³/mol. The molecule has 5 heteroatoms. The zero-order chi connectivity index (χ0) is 17.3. The van der Waals surface area contributed by atoms with Crippen molar-refractivity contribution in [2.75, 3.05) is 39.9 Å². The van der Waals surface area contributed by atoms with E-state index >= 15 is 0 Å². The van der Waals surface area contributed by atoms with Crippen LogP contribution in [0, 0.1) is 23.2 Å². The first-order chi connectivity index (χ1) is 11.5. The lowest BCUT2D eigenvalue weighted by Crippen LogP contribution is -2.42. The van der Waals surface area contributed by atoms with E-state index in [1.54, 1.807) is 7.11 Å². The monoisotopic (exact) mass is 336 g/mol. The second-order valence-electron chi connectivity index (χ2n) is 8.27. The Morgan fingerprint density at radius 3 is 2.62 bits per heavy atom. The summed E-state index contributed by atoms with van der Waals surface area (Å²) in [6.07, 6.45) is 5.24. The number of carbonyl (C=O) groups excluding carboxylic acids is 2. The van der Waals surface area contributed by atoms with Gasteiger partial charge in [-0.25, -0.2) is 0 Å². The summed E-state index contributed by atoms with van der Waals surface area (Å²) in [4.78, 5) is 29.8. The van der Waals surface area contributed by atoms with Crippen LogP contribution < -0.4 is 0 Å². The van der Waals surface area contributed by atoms with Crippen LogP contribution in [0.3, 0.4) is 0 Å². The van der Waals surface area contributed by atoms with Crippen molar-refractivity contribution < 1.29 is 14.3 Å². The van der Waals surface area contributed by atoms with E-state index in [1.807, 2.05) is 9.80 Å². The normalized spacial score (nSPS) is 36.8. The van der Waals surface area contributed by atoms with Crippen LogP contribution in [0.25, 0.3) is 0 Å². The molecule has 0 aromatic carbocycles. The molecule has 0 radical (unpaired) electrons. The molecular weight excluding hydrogens is 304 g/mol. The molecule has 0 N–H and O–H groups in total. The molecule has 0 aromatic heterocycles. The summed E-state index contributed by atoms with van der Waals surface area (Å²) in [5.41, 5.74) is -0.342. The Morgan fingerprint density at radius 1 is 1.25 bits per heavy atom. The molecule has 3 aliphatic rings. The van der Waals surface area contributed by atoms with Crippen molar-refractivity contribution in [3.63, 3.8) is 0 Å². The van der Waals surface area contributed by atoms with Gasteiger partial charge in [0.15, 0.2) is 0 Å². The fourth-order valence-electron chi connectivity index (χ4n) is 4.88. The van der Waals surface area contributed by atoms with Crippen LogP contribution in [0.5, 0.6) is 0 Å². The number of hydrogen-bond donors (Lipinski definition) is 0. The Hall–Kier alpha value is -1.10. The lowest BCUT2D eigenvalue weighted by molar-refractivity contribution is -0.139. The van der Waals surface area contributed by atoms with E-state index < -0.39 is 0 Å². The molecule has 2 heterocycles. The minimum atomic E-state index is -0.342. The standard InChI is InChI=1S/C19H32N2O3/c1-14-4-6-16(7-5-14)17(22)21-12-15(2)19(13-21)8-9-20(18(19)23)10-11-24-3/h14-16H,4-13H2,1-3H3/t14?,15-,16?,19-/m1/s1. The topological polar surface area (TPSA) is 49.9 Å². The molecule has 2 amide bonds. The molecule has 1 saturated carbocycles. The van der Waals surface area contributed by atoms with Gasteiger partial charge in [0, 0.05) is 39.2 Å². The fourth-order valence-corrected chi connectivity index (χ4v) is 4.88. The van der Waals surface area contributed by atoms with Gasteiger partial charge in [-0.3, -0.25) is 9.59 Å². The molecule has 0 unspecified atom stereocenters. The van der Waals surface area contributed by atoms with Crippen LogP contribution in [-0.2, 0) is 14.3 Å². The van der Waals surface area contributed by atoms with Crippen LogP contribution in [0.15, 0.2) is 0 Å². The second kappa shape index (κ2) is 7.03. The van der Waals surface area contributed by atoms with Crippen molar-refractivity contribution in [3.8, 4) is 0 Å². The number of nitrogens with zero attached hydrogens (tertiary/aromatic N) is 2. The van der Waals surface area contributed by atoms with E-state index in [4.69, 9.17) is 4.74 Å². The van der Waals surface area contributed by atoms with Crippen LogP contribution in [-0.4, -0.2) is 61.5 Å². The maximum Gasteiger partial charge on any atom is 0.231 e. The highest BCUT2D eigenvalue weighted by atomic mass is 16.5. The van der Waals surface area contributed by atoms with Gasteiger partial charge in [0.1, 0.15) is 0 Å². The van der Waals surface area contributed by atoms with E-state index in [0.717, 1.165) is 51.1 Å². The molecule has 3 fully saturated rings. The highest BCUT2D eigenvalue weighted by Crippen LogP contribution is 2.45. The van der Waals surface area contributed by atoms with Gasteiger partial charge in [-0.05, 0) is 43.9 Å². The predicted octanol–water partition coefficient (Wildman–Crippen LogP) is 2.16. The van der Waals surface area contributed by atoms with Crippen molar-refractivity contribution in [1.82, 2.24) is 9.80 Å². The average Bonchev–Trinajstić information content (AvgIpc) is 3.08. The second-order valence-corrected chi connectivity index (χ2v) is 8.27. The SMILES string of the molecule is COCCN1CC[C@]2(CN(C(=O)C3CCC(C)CC3)C[C@H]2C)C1=O. The number of likely N-dealkylation sites (tertiary alicyclic amines) is 2. The van der Waals surface area contributed by atoms with Gasteiger partial charge in [0.05, 0.1) is 12.0 Å². The molecule has 2 saturated heterocycles. The first-order valence-electron chi connectivity index (χ1n) is 9.55.